The summed E-state index contributed by atoms with van der Waals surface area (Å²) in [7, 11) is 4.36. The highest BCUT2D eigenvalue weighted by molar-refractivity contribution is 8.00. The largest absolute Gasteiger partial charge is 0.493 e. The number of nitrogen functional groups attached to an aromatic ring is 1. The molecule has 5 N–H and O–H groups in total. The molecule has 0 spiro atoms. The van der Waals surface area contributed by atoms with Crippen LogP contribution in [-0.4, -0.2) is 43.4 Å². The van der Waals surface area contributed by atoms with Crippen LogP contribution >= 0.6 is 11.8 Å². The Balaban J connectivity index is 2.07. The first-order chi connectivity index (χ1) is 18.7. The van der Waals surface area contributed by atoms with Crippen molar-refractivity contribution in [1.29, 1.82) is 10.5 Å². The van der Waals surface area contributed by atoms with E-state index in [-0.39, 0.29) is 33.4 Å². The summed E-state index contributed by atoms with van der Waals surface area (Å²) in [6, 6.07) is 13.5. The van der Waals surface area contributed by atoms with Crippen LogP contribution in [0.25, 0.3) is 11.1 Å². The Morgan fingerprint density at radius 1 is 1.03 bits per heavy atom. The Bertz CT molecular complexity index is 1470. The van der Waals surface area contributed by atoms with Crippen molar-refractivity contribution in [2.24, 2.45) is 5.73 Å². The van der Waals surface area contributed by atoms with E-state index in [1.807, 2.05) is 13.0 Å². The predicted molar refractivity (Wildman–Crippen MR) is 147 cm³/mol. The molecule has 3 rings (SSSR count). The maximum Gasteiger partial charge on any atom is 0.248 e. The third-order valence-electron chi connectivity index (χ3n) is 5.72. The number of anilines is 2. The number of pyridine rings is 1. The number of amides is 2. The molecule has 12 heteroatoms. The molecule has 3 aromatic rings. The molecular weight excluding hydrogens is 520 g/mol. The van der Waals surface area contributed by atoms with Crippen molar-refractivity contribution in [3.05, 3.63) is 53.1 Å². The molecule has 1 heterocycles. The topological polar surface area (TPSA) is 186 Å². The second-order valence-corrected chi connectivity index (χ2v) is 9.20. The van der Waals surface area contributed by atoms with Gasteiger partial charge in [0.2, 0.25) is 17.6 Å². The van der Waals surface area contributed by atoms with Crippen molar-refractivity contribution in [3.8, 4) is 40.5 Å². The van der Waals surface area contributed by atoms with E-state index in [2.05, 4.69) is 16.4 Å². The van der Waals surface area contributed by atoms with Gasteiger partial charge in [0, 0.05) is 16.8 Å². The maximum atomic E-state index is 13.1. The molecule has 0 aliphatic rings. The molecule has 1 unspecified atom stereocenters. The number of nitriles is 2. The van der Waals surface area contributed by atoms with Crippen molar-refractivity contribution < 1.29 is 23.8 Å². The van der Waals surface area contributed by atoms with E-state index in [9.17, 15) is 20.1 Å². The highest BCUT2D eigenvalue weighted by Gasteiger charge is 2.27. The summed E-state index contributed by atoms with van der Waals surface area (Å²) in [6.45, 7) is 1.81. The zero-order valence-electron chi connectivity index (χ0n) is 21.7. The van der Waals surface area contributed by atoms with Gasteiger partial charge in [0.25, 0.3) is 0 Å². The Kier molecular flexibility index (Phi) is 9.20. The number of benzene rings is 2. The summed E-state index contributed by atoms with van der Waals surface area (Å²) in [5.74, 6) is -0.0534. The molecule has 11 nitrogen and oxygen atoms in total. The monoisotopic (exact) mass is 546 g/mol. The first-order valence-corrected chi connectivity index (χ1v) is 12.4. The predicted octanol–water partition coefficient (Wildman–Crippen LogP) is 3.71. The number of nitrogens with one attached hydrogen (secondary N) is 1. The molecule has 39 heavy (non-hydrogen) atoms. The van der Waals surface area contributed by atoms with Crippen LogP contribution in [0.15, 0.2) is 41.4 Å². The molecule has 0 fully saturated rings. The van der Waals surface area contributed by atoms with Crippen LogP contribution in [0.1, 0.15) is 34.8 Å². The first-order valence-electron chi connectivity index (χ1n) is 11.5. The quantitative estimate of drug-likeness (QED) is 0.316. The van der Waals surface area contributed by atoms with Gasteiger partial charge in [-0.1, -0.05) is 18.7 Å². The molecule has 2 amide bonds. The second-order valence-electron chi connectivity index (χ2n) is 8.01. The van der Waals surface area contributed by atoms with E-state index in [1.165, 1.54) is 33.5 Å². The molecule has 200 valence electrons. The van der Waals surface area contributed by atoms with Crippen molar-refractivity contribution >= 4 is 35.1 Å². The number of methoxy groups -OCH3 is 3. The van der Waals surface area contributed by atoms with Gasteiger partial charge in [0.1, 0.15) is 28.5 Å². The van der Waals surface area contributed by atoms with Gasteiger partial charge in [-0.15, -0.1) is 0 Å². The Hall–Kier alpha value is -4.94. The Labute approximate surface area is 229 Å². The Morgan fingerprint density at radius 2 is 1.62 bits per heavy atom. The number of aromatic nitrogens is 1. The zero-order valence-corrected chi connectivity index (χ0v) is 22.5. The average molecular weight is 547 g/mol. The summed E-state index contributed by atoms with van der Waals surface area (Å²) in [5.41, 5.74) is 12.9. The van der Waals surface area contributed by atoms with Crippen LogP contribution in [0.4, 0.5) is 11.5 Å². The molecule has 0 aliphatic heterocycles. The maximum absolute atomic E-state index is 13.1. The van der Waals surface area contributed by atoms with Gasteiger partial charge < -0.3 is 31.0 Å². The molecule has 0 aliphatic carbocycles. The van der Waals surface area contributed by atoms with Gasteiger partial charge in [-0.3, -0.25) is 9.59 Å². The summed E-state index contributed by atoms with van der Waals surface area (Å²) in [4.78, 5) is 28.7. The number of hydrogen-bond donors (Lipinski definition) is 3. The molecule has 0 saturated heterocycles. The minimum absolute atomic E-state index is 0.00258. The van der Waals surface area contributed by atoms with Crippen LogP contribution in [-0.2, 0) is 4.79 Å². The van der Waals surface area contributed by atoms with Crippen LogP contribution in [0.3, 0.4) is 0 Å². The van der Waals surface area contributed by atoms with Gasteiger partial charge in [-0.2, -0.15) is 10.5 Å². The molecular formula is C27H26N6O5S. The summed E-state index contributed by atoms with van der Waals surface area (Å²) in [5, 5.41) is 22.4. The van der Waals surface area contributed by atoms with Crippen molar-refractivity contribution in [2.75, 3.05) is 32.4 Å². The zero-order chi connectivity index (χ0) is 28.7. The van der Waals surface area contributed by atoms with Gasteiger partial charge in [0.15, 0.2) is 11.5 Å². The minimum atomic E-state index is -0.666. The summed E-state index contributed by atoms with van der Waals surface area (Å²) in [6.07, 6.45) is 0.391. The number of thioether (sulfide) groups is 1. The number of rotatable bonds is 10. The molecule has 0 bridgehead atoms. The SMILES string of the molecule is CCC(Sc1nc(N)c(C#N)c(-c2cc(OC)c(OC)c(OC)c2)c1C#N)C(=O)Nc1ccc(C(N)=O)cc1. The molecule has 0 radical (unpaired) electrons. The fourth-order valence-electron chi connectivity index (χ4n) is 3.80. The highest BCUT2D eigenvalue weighted by Crippen LogP contribution is 2.44. The van der Waals surface area contributed by atoms with Gasteiger partial charge >= 0.3 is 0 Å². The van der Waals surface area contributed by atoms with Crippen molar-refractivity contribution in [2.45, 2.75) is 23.6 Å². The van der Waals surface area contributed by atoms with E-state index in [4.69, 9.17) is 25.7 Å². The fourth-order valence-corrected chi connectivity index (χ4v) is 4.81. The molecule has 0 saturated carbocycles. The average Bonchev–Trinajstić information content (AvgIpc) is 2.94. The van der Waals surface area contributed by atoms with E-state index < -0.39 is 11.2 Å². The van der Waals surface area contributed by atoms with Crippen molar-refractivity contribution in [1.82, 2.24) is 4.98 Å². The number of carbonyl (C=O) groups excluding carboxylic acids is 2. The lowest BCUT2D eigenvalue weighted by Crippen LogP contribution is -2.25. The standard InChI is InChI=1S/C27H26N6O5S/c1-5-21(26(35)32-16-8-6-14(7-9-16)25(31)34)39-27-18(13-29)22(17(12-28)24(30)33-27)15-10-19(36-2)23(38-4)20(11-15)37-3/h6-11,21H,5H2,1-4H3,(H2,30,33)(H2,31,34)(H,32,35). The fraction of sp³-hybridized carbons (Fsp3) is 0.222. The van der Waals surface area contributed by atoms with Gasteiger partial charge in [0.05, 0.1) is 32.1 Å². The molecule has 1 atom stereocenters. The Morgan fingerprint density at radius 3 is 2.08 bits per heavy atom. The second kappa shape index (κ2) is 12.5. The van der Waals surface area contributed by atoms with E-state index in [0.717, 1.165) is 11.8 Å². The third-order valence-corrected chi connectivity index (χ3v) is 7.07. The van der Waals surface area contributed by atoms with E-state index in [1.54, 1.807) is 24.3 Å². The van der Waals surface area contributed by atoms with Crippen LogP contribution in [0.2, 0.25) is 0 Å². The van der Waals surface area contributed by atoms with Crippen LogP contribution in [0, 0.1) is 22.7 Å². The molecule has 1 aromatic heterocycles. The number of nitrogens with zero attached hydrogens (tertiary/aromatic N) is 3. The van der Waals surface area contributed by atoms with Crippen LogP contribution < -0.4 is 31.0 Å². The lowest BCUT2D eigenvalue weighted by molar-refractivity contribution is -0.115. The van der Waals surface area contributed by atoms with Gasteiger partial charge in [-0.05, 0) is 48.4 Å². The third kappa shape index (κ3) is 5.98. The number of primary amides is 1. The number of carbonyl (C=O) groups is 2. The number of hydrogen-bond acceptors (Lipinski definition) is 10. The lowest BCUT2D eigenvalue weighted by Gasteiger charge is -2.19. The van der Waals surface area contributed by atoms with E-state index >= 15 is 0 Å². The van der Waals surface area contributed by atoms with Crippen molar-refractivity contribution in [3.63, 3.8) is 0 Å². The van der Waals surface area contributed by atoms with E-state index in [0.29, 0.717) is 40.5 Å². The number of ether oxygens (including phenoxy) is 3. The lowest BCUT2D eigenvalue weighted by atomic mass is 9.96. The van der Waals surface area contributed by atoms with Gasteiger partial charge in [-0.25, -0.2) is 4.98 Å². The van der Waals surface area contributed by atoms with Crippen LogP contribution in [0.5, 0.6) is 17.2 Å². The summed E-state index contributed by atoms with van der Waals surface area (Å²) < 4.78 is 16.3. The highest BCUT2D eigenvalue weighted by atomic mass is 32.2. The summed E-state index contributed by atoms with van der Waals surface area (Å²) >= 11 is 1.05. The molecule has 2 aromatic carbocycles. The smallest absolute Gasteiger partial charge is 0.248 e. The minimum Gasteiger partial charge on any atom is -0.493 e. The first kappa shape index (κ1) is 28.6. The number of nitrogens with two attached hydrogens (primary N) is 2. The normalized spacial score (nSPS) is 11.0.